The third-order valence-corrected chi connectivity index (χ3v) is 3.35. The van der Waals surface area contributed by atoms with Gasteiger partial charge in [-0.1, -0.05) is 0 Å². The highest BCUT2D eigenvalue weighted by Crippen LogP contribution is 2.21. The van der Waals surface area contributed by atoms with E-state index in [1.807, 2.05) is 0 Å². The molecule has 0 aliphatic carbocycles. The van der Waals surface area contributed by atoms with Crippen LogP contribution in [0, 0.1) is 5.92 Å². The molecule has 1 aromatic heterocycles. The molecular weight excluding hydrogens is 244 g/mol. The molecule has 1 fully saturated rings. The first-order chi connectivity index (χ1) is 9.19. The number of hydrogen-bond donors (Lipinski definition) is 3. The van der Waals surface area contributed by atoms with Crippen molar-refractivity contribution in [2.24, 2.45) is 11.8 Å². The van der Waals surface area contributed by atoms with E-state index in [4.69, 9.17) is 5.84 Å². The average Bonchev–Trinajstić information content (AvgIpc) is 2.45. The summed E-state index contributed by atoms with van der Waals surface area (Å²) in [6.45, 7) is 4.16. The van der Waals surface area contributed by atoms with E-state index in [0.717, 1.165) is 38.3 Å². The van der Waals surface area contributed by atoms with E-state index >= 15 is 0 Å². The summed E-state index contributed by atoms with van der Waals surface area (Å²) >= 11 is 0. The summed E-state index contributed by atoms with van der Waals surface area (Å²) in [6, 6.07) is 0. The quantitative estimate of drug-likeness (QED) is 0.528. The van der Waals surface area contributed by atoms with Crippen LogP contribution in [-0.2, 0) is 4.79 Å². The number of nitrogens with one attached hydrogen (secondary N) is 2. The van der Waals surface area contributed by atoms with Gasteiger partial charge in [-0.3, -0.25) is 9.78 Å². The summed E-state index contributed by atoms with van der Waals surface area (Å²) < 4.78 is 0. The highest BCUT2D eigenvalue weighted by molar-refractivity contribution is 5.72. The van der Waals surface area contributed by atoms with Gasteiger partial charge in [0, 0.05) is 26.6 Å². The number of nitrogens with two attached hydrogens (primary N) is 1. The molecule has 0 aromatic carbocycles. The summed E-state index contributed by atoms with van der Waals surface area (Å²) in [5.74, 6) is 7.32. The minimum atomic E-state index is 0.0371. The predicted octanol–water partition coefficient (Wildman–Crippen LogP) is 0.115. The summed E-state index contributed by atoms with van der Waals surface area (Å²) in [5.41, 5.74) is 2.50. The van der Waals surface area contributed by atoms with E-state index < -0.39 is 0 Å². The maximum Gasteiger partial charge on any atom is 0.216 e. The Morgan fingerprint density at radius 3 is 2.84 bits per heavy atom. The van der Waals surface area contributed by atoms with E-state index in [2.05, 4.69) is 25.6 Å². The molecule has 1 saturated heterocycles. The first-order valence-electron chi connectivity index (χ1n) is 6.47. The topological polar surface area (TPSA) is 96.2 Å². The Morgan fingerprint density at radius 1 is 1.47 bits per heavy atom. The maximum atomic E-state index is 10.9. The van der Waals surface area contributed by atoms with Crippen molar-refractivity contribution in [3.8, 4) is 0 Å². The highest BCUT2D eigenvalue weighted by atomic mass is 16.1. The van der Waals surface area contributed by atoms with Crippen LogP contribution in [0.15, 0.2) is 12.4 Å². The van der Waals surface area contributed by atoms with Crippen LogP contribution in [0.3, 0.4) is 0 Å². The van der Waals surface area contributed by atoms with Crippen LogP contribution in [0.4, 0.5) is 11.6 Å². The van der Waals surface area contributed by atoms with Gasteiger partial charge >= 0.3 is 0 Å². The molecule has 104 valence electrons. The van der Waals surface area contributed by atoms with Gasteiger partial charge in [0.25, 0.3) is 0 Å². The monoisotopic (exact) mass is 264 g/mol. The van der Waals surface area contributed by atoms with Crippen molar-refractivity contribution in [2.45, 2.75) is 19.8 Å². The van der Waals surface area contributed by atoms with E-state index in [0.29, 0.717) is 11.7 Å². The van der Waals surface area contributed by atoms with E-state index in [-0.39, 0.29) is 5.91 Å². The van der Waals surface area contributed by atoms with Gasteiger partial charge in [0.1, 0.15) is 5.82 Å². The third kappa shape index (κ3) is 3.78. The lowest BCUT2D eigenvalue weighted by Gasteiger charge is -2.32. The standard InChI is InChI=1S/C12H20N6O/c1-9(19)15-6-10-2-4-18(5-3-10)12-8-14-7-11(16-12)17-13/h7-8,10H,2-6,13H2,1H3,(H,15,19)(H,16,17). The minimum absolute atomic E-state index is 0.0371. The van der Waals surface area contributed by atoms with Gasteiger partial charge in [0.05, 0.1) is 12.4 Å². The molecule has 7 heteroatoms. The van der Waals surface area contributed by atoms with Crippen molar-refractivity contribution in [1.29, 1.82) is 0 Å². The number of nitrogens with zero attached hydrogens (tertiary/aromatic N) is 3. The zero-order valence-corrected chi connectivity index (χ0v) is 11.1. The van der Waals surface area contributed by atoms with Crippen molar-refractivity contribution in [1.82, 2.24) is 15.3 Å². The van der Waals surface area contributed by atoms with Crippen molar-refractivity contribution in [2.75, 3.05) is 30.0 Å². The van der Waals surface area contributed by atoms with Crippen LogP contribution < -0.4 is 21.5 Å². The fourth-order valence-electron chi connectivity index (χ4n) is 2.23. The summed E-state index contributed by atoms with van der Waals surface area (Å²) in [4.78, 5) is 21.6. The van der Waals surface area contributed by atoms with Crippen molar-refractivity contribution in [3.05, 3.63) is 12.4 Å². The molecule has 1 aromatic rings. The number of nitrogen functional groups attached to an aromatic ring is 1. The molecule has 4 N–H and O–H groups in total. The second kappa shape index (κ2) is 6.33. The first-order valence-corrected chi connectivity index (χ1v) is 6.47. The number of carbonyl (C=O) groups is 1. The fraction of sp³-hybridized carbons (Fsp3) is 0.583. The molecule has 0 spiro atoms. The highest BCUT2D eigenvalue weighted by Gasteiger charge is 2.20. The van der Waals surface area contributed by atoms with Gasteiger partial charge < -0.3 is 15.6 Å². The number of rotatable bonds is 4. The Bertz CT molecular complexity index is 430. The summed E-state index contributed by atoms with van der Waals surface area (Å²) in [5, 5.41) is 2.88. The van der Waals surface area contributed by atoms with Gasteiger partial charge in [-0.05, 0) is 18.8 Å². The van der Waals surface area contributed by atoms with Gasteiger partial charge in [-0.15, -0.1) is 0 Å². The molecule has 19 heavy (non-hydrogen) atoms. The molecule has 0 bridgehead atoms. The van der Waals surface area contributed by atoms with Gasteiger partial charge in [-0.25, -0.2) is 10.8 Å². The molecule has 0 radical (unpaired) electrons. The van der Waals surface area contributed by atoms with Crippen LogP contribution in [-0.4, -0.2) is 35.5 Å². The molecule has 0 unspecified atom stereocenters. The van der Waals surface area contributed by atoms with Crippen molar-refractivity contribution >= 4 is 17.5 Å². The van der Waals surface area contributed by atoms with Crippen LogP contribution in [0.2, 0.25) is 0 Å². The Morgan fingerprint density at radius 2 is 2.21 bits per heavy atom. The Balaban J connectivity index is 1.87. The SMILES string of the molecule is CC(=O)NCC1CCN(c2cncc(NN)n2)CC1. The van der Waals surface area contributed by atoms with E-state index in [1.54, 1.807) is 19.3 Å². The van der Waals surface area contributed by atoms with Crippen molar-refractivity contribution in [3.63, 3.8) is 0 Å². The molecule has 1 aliphatic rings. The van der Waals surface area contributed by atoms with Gasteiger partial charge in [0.2, 0.25) is 5.91 Å². The summed E-state index contributed by atoms with van der Waals surface area (Å²) in [6.07, 6.45) is 5.42. The zero-order chi connectivity index (χ0) is 13.7. The lowest BCUT2D eigenvalue weighted by atomic mass is 9.97. The maximum absolute atomic E-state index is 10.9. The smallest absolute Gasteiger partial charge is 0.216 e. The number of piperidine rings is 1. The molecule has 1 aliphatic heterocycles. The molecule has 2 rings (SSSR count). The second-order valence-corrected chi connectivity index (χ2v) is 4.77. The molecular formula is C12H20N6O. The number of hydrazine groups is 1. The number of carbonyl (C=O) groups excluding carboxylic acids is 1. The molecule has 0 saturated carbocycles. The van der Waals surface area contributed by atoms with Crippen molar-refractivity contribution < 1.29 is 4.79 Å². The Labute approximate surface area is 112 Å². The molecule has 1 amide bonds. The first kappa shape index (κ1) is 13.5. The van der Waals surface area contributed by atoms with Crippen LogP contribution in [0.25, 0.3) is 0 Å². The van der Waals surface area contributed by atoms with Crippen LogP contribution >= 0.6 is 0 Å². The number of amides is 1. The predicted molar refractivity (Wildman–Crippen MR) is 73.5 cm³/mol. The lowest BCUT2D eigenvalue weighted by Crippen LogP contribution is -2.38. The average molecular weight is 264 g/mol. The normalized spacial score (nSPS) is 16.2. The molecule has 0 atom stereocenters. The summed E-state index contributed by atoms with van der Waals surface area (Å²) in [7, 11) is 0. The Hall–Kier alpha value is -1.89. The largest absolute Gasteiger partial charge is 0.356 e. The van der Waals surface area contributed by atoms with E-state index in [1.165, 1.54) is 0 Å². The van der Waals surface area contributed by atoms with Gasteiger partial charge in [-0.2, -0.15) is 0 Å². The zero-order valence-electron chi connectivity index (χ0n) is 11.1. The van der Waals surface area contributed by atoms with Crippen LogP contribution in [0.1, 0.15) is 19.8 Å². The fourth-order valence-corrected chi connectivity index (χ4v) is 2.23. The van der Waals surface area contributed by atoms with E-state index in [9.17, 15) is 4.79 Å². The molecule has 2 heterocycles. The van der Waals surface area contributed by atoms with Crippen LogP contribution in [0.5, 0.6) is 0 Å². The van der Waals surface area contributed by atoms with Gasteiger partial charge in [0.15, 0.2) is 5.82 Å². The number of aromatic nitrogens is 2. The number of anilines is 2. The number of hydrogen-bond acceptors (Lipinski definition) is 6. The second-order valence-electron chi connectivity index (χ2n) is 4.77. The minimum Gasteiger partial charge on any atom is -0.356 e. The molecule has 7 nitrogen and oxygen atoms in total. The third-order valence-electron chi connectivity index (χ3n) is 3.35. The lowest BCUT2D eigenvalue weighted by molar-refractivity contribution is -0.119. The Kier molecular flexibility index (Phi) is 4.51.